The van der Waals surface area contributed by atoms with E-state index >= 15 is 0 Å². The lowest BCUT2D eigenvalue weighted by Crippen LogP contribution is -2.49. The smallest absolute Gasteiger partial charge is 0.251 e. The van der Waals surface area contributed by atoms with Crippen molar-refractivity contribution in [2.45, 2.75) is 37.8 Å². The van der Waals surface area contributed by atoms with Gasteiger partial charge < -0.3 is 16.0 Å². The average molecular weight is 261 g/mol. The van der Waals surface area contributed by atoms with Crippen molar-refractivity contribution in [3.05, 3.63) is 29.8 Å². The van der Waals surface area contributed by atoms with E-state index in [0.717, 1.165) is 24.9 Å². The van der Waals surface area contributed by atoms with Crippen LogP contribution in [0.1, 0.15) is 36.0 Å². The monoisotopic (exact) mass is 261 g/mol. The molecule has 0 saturated heterocycles. The van der Waals surface area contributed by atoms with Gasteiger partial charge in [-0.05, 0) is 37.1 Å². The third-order valence-corrected chi connectivity index (χ3v) is 3.78. The Kier molecular flexibility index (Phi) is 4.43. The highest BCUT2D eigenvalue weighted by atomic mass is 16.1. The van der Waals surface area contributed by atoms with Crippen molar-refractivity contribution >= 4 is 11.6 Å². The maximum absolute atomic E-state index is 12.2. The Bertz CT molecular complexity index is 428. The van der Waals surface area contributed by atoms with E-state index in [9.17, 15) is 4.79 Å². The Morgan fingerprint density at radius 3 is 2.42 bits per heavy atom. The Morgan fingerprint density at radius 2 is 1.84 bits per heavy atom. The first-order valence-electron chi connectivity index (χ1n) is 6.92. The van der Waals surface area contributed by atoms with E-state index in [2.05, 4.69) is 5.32 Å². The molecule has 0 radical (unpaired) electrons. The molecule has 1 aliphatic carbocycles. The standard InChI is InChI=1S/C15H23N3O/c1-18(2)12-9-7-11(8-10-12)15(19)17-14-6-4-3-5-13(14)16/h7-10,13-14H,3-6,16H2,1-2H3,(H,17,19). The summed E-state index contributed by atoms with van der Waals surface area (Å²) in [5.74, 6) is -0.0207. The lowest BCUT2D eigenvalue weighted by Gasteiger charge is -2.29. The Balaban J connectivity index is 1.99. The average Bonchev–Trinajstić information content (AvgIpc) is 2.41. The minimum absolute atomic E-state index is 0.0207. The first-order valence-corrected chi connectivity index (χ1v) is 6.92. The number of amides is 1. The summed E-state index contributed by atoms with van der Waals surface area (Å²) in [4.78, 5) is 14.2. The number of rotatable bonds is 3. The molecule has 2 unspecified atom stereocenters. The Morgan fingerprint density at radius 1 is 1.21 bits per heavy atom. The van der Waals surface area contributed by atoms with E-state index in [4.69, 9.17) is 5.73 Å². The van der Waals surface area contributed by atoms with Gasteiger partial charge in [-0.3, -0.25) is 4.79 Å². The molecular formula is C15H23N3O. The highest BCUT2D eigenvalue weighted by molar-refractivity contribution is 5.94. The first-order chi connectivity index (χ1) is 9.08. The van der Waals surface area contributed by atoms with Crippen LogP contribution in [0.15, 0.2) is 24.3 Å². The van der Waals surface area contributed by atoms with Gasteiger partial charge in [-0.2, -0.15) is 0 Å². The van der Waals surface area contributed by atoms with Crippen molar-refractivity contribution in [2.24, 2.45) is 5.73 Å². The molecule has 4 heteroatoms. The number of nitrogens with one attached hydrogen (secondary N) is 1. The molecule has 0 heterocycles. The number of hydrogen-bond donors (Lipinski definition) is 2. The van der Waals surface area contributed by atoms with E-state index < -0.39 is 0 Å². The van der Waals surface area contributed by atoms with Crippen LogP contribution in [-0.2, 0) is 0 Å². The second kappa shape index (κ2) is 6.06. The normalized spacial score (nSPS) is 22.9. The summed E-state index contributed by atoms with van der Waals surface area (Å²) in [6.07, 6.45) is 4.32. The molecule has 1 aromatic carbocycles. The van der Waals surface area contributed by atoms with E-state index in [-0.39, 0.29) is 18.0 Å². The Labute approximate surface area is 115 Å². The molecule has 1 saturated carbocycles. The zero-order valence-electron chi connectivity index (χ0n) is 11.7. The van der Waals surface area contributed by atoms with E-state index in [1.165, 1.54) is 6.42 Å². The molecule has 1 aromatic rings. The zero-order valence-corrected chi connectivity index (χ0v) is 11.7. The van der Waals surface area contributed by atoms with E-state index in [0.29, 0.717) is 5.56 Å². The first kappa shape index (κ1) is 13.9. The third-order valence-electron chi connectivity index (χ3n) is 3.78. The van der Waals surface area contributed by atoms with Crippen LogP contribution in [0, 0.1) is 0 Å². The third kappa shape index (κ3) is 3.47. The molecule has 1 fully saturated rings. The molecule has 4 nitrogen and oxygen atoms in total. The van der Waals surface area contributed by atoms with Crippen LogP contribution >= 0.6 is 0 Å². The Hall–Kier alpha value is -1.55. The summed E-state index contributed by atoms with van der Waals surface area (Å²) in [6, 6.07) is 7.84. The van der Waals surface area contributed by atoms with Crippen molar-refractivity contribution in [1.82, 2.24) is 5.32 Å². The predicted molar refractivity (Wildman–Crippen MR) is 78.5 cm³/mol. The summed E-state index contributed by atoms with van der Waals surface area (Å²) < 4.78 is 0. The molecule has 2 rings (SSSR count). The number of nitrogens with zero attached hydrogens (tertiary/aromatic N) is 1. The molecular weight excluding hydrogens is 238 g/mol. The van der Waals surface area contributed by atoms with Crippen LogP contribution < -0.4 is 16.0 Å². The van der Waals surface area contributed by atoms with Crippen molar-refractivity contribution < 1.29 is 4.79 Å². The van der Waals surface area contributed by atoms with Gasteiger partial charge in [0.1, 0.15) is 0 Å². The number of carbonyl (C=O) groups excluding carboxylic acids is 1. The van der Waals surface area contributed by atoms with Crippen LogP contribution in [0.4, 0.5) is 5.69 Å². The lowest BCUT2D eigenvalue weighted by molar-refractivity contribution is 0.0921. The summed E-state index contributed by atoms with van der Waals surface area (Å²) in [6.45, 7) is 0. The number of carbonyl (C=O) groups is 1. The minimum Gasteiger partial charge on any atom is -0.378 e. The lowest BCUT2D eigenvalue weighted by atomic mass is 9.91. The largest absolute Gasteiger partial charge is 0.378 e. The van der Waals surface area contributed by atoms with Gasteiger partial charge in [0, 0.05) is 37.4 Å². The molecule has 1 amide bonds. The fraction of sp³-hybridized carbons (Fsp3) is 0.533. The number of anilines is 1. The van der Waals surface area contributed by atoms with Crippen LogP contribution in [0.5, 0.6) is 0 Å². The van der Waals surface area contributed by atoms with Crippen molar-refractivity contribution in [3.8, 4) is 0 Å². The number of hydrogen-bond acceptors (Lipinski definition) is 3. The van der Waals surface area contributed by atoms with Crippen molar-refractivity contribution in [1.29, 1.82) is 0 Å². The van der Waals surface area contributed by atoms with E-state index in [1.54, 1.807) is 0 Å². The fourth-order valence-electron chi connectivity index (χ4n) is 2.50. The minimum atomic E-state index is -0.0207. The molecule has 2 atom stereocenters. The number of benzene rings is 1. The molecule has 0 bridgehead atoms. The highest BCUT2D eigenvalue weighted by Gasteiger charge is 2.23. The maximum Gasteiger partial charge on any atom is 0.251 e. The zero-order chi connectivity index (χ0) is 13.8. The summed E-state index contributed by atoms with van der Waals surface area (Å²) in [5, 5.41) is 3.06. The van der Waals surface area contributed by atoms with Crippen LogP contribution in [0.25, 0.3) is 0 Å². The van der Waals surface area contributed by atoms with Gasteiger partial charge in [-0.25, -0.2) is 0 Å². The topological polar surface area (TPSA) is 58.4 Å². The molecule has 1 aliphatic rings. The summed E-state index contributed by atoms with van der Waals surface area (Å²) in [5.41, 5.74) is 7.83. The molecule has 3 N–H and O–H groups in total. The van der Waals surface area contributed by atoms with E-state index in [1.807, 2.05) is 43.3 Å². The summed E-state index contributed by atoms with van der Waals surface area (Å²) >= 11 is 0. The van der Waals surface area contributed by atoms with Crippen molar-refractivity contribution in [2.75, 3.05) is 19.0 Å². The van der Waals surface area contributed by atoms with Gasteiger partial charge in [0.25, 0.3) is 5.91 Å². The van der Waals surface area contributed by atoms with Crippen LogP contribution in [-0.4, -0.2) is 32.1 Å². The van der Waals surface area contributed by atoms with Crippen molar-refractivity contribution in [3.63, 3.8) is 0 Å². The highest BCUT2D eigenvalue weighted by Crippen LogP contribution is 2.18. The van der Waals surface area contributed by atoms with Gasteiger partial charge in [0.15, 0.2) is 0 Å². The SMILES string of the molecule is CN(C)c1ccc(C(=O)NC2CCCCC2N)cc1. The van der Waals surface area contributed by atoms with Crippen LogP contribution in [0.2, 0.25) is 0 Å². The maximum atomic E-state index is 12.2. The van der Waals surface area contributed by atoms with Gasteiger partial charge in [-0.15, -0.1) is 0 Å². The fourth-order valence-corrected chi connectivity index (χ4v) is 2.50. The molecule has 0 spiro atoms. The van der Waals surface area contributed by atoms with Gasteiger partial charge in [0.2, 0.25) is 0 Å². The molecule has 0 aromatic heterocycles. The van der Waals surface area contributed by atoms with Crippen LogP contribution in [0.3, 0.4) is 0 Å². The van der Waals surface area contributed by atoms with Gasteiger partial charge in [-0.1, -0.05) is 12.8 Å². The number of nitrogens with two attached hydrogens (primary N) is 1. The molecule has 104 valence electrons. The quantitative estimate of drug-likeness (QED) is 0.871. The predicted octanol–water partition coefficient (Wildman–Crippen LogP) is 1.75. The molecule has 0 aliphatic heterocycles. The second-order valence-corrected chi connectivity index (χ2v) is 5.47. The molecule has 19 heavy (non-hydrogen) atoms. The summed E-state index contributed by atoms with van der Waals surface area (Å²) in [7, 11) is 3.96. The second-order valence-electron chi connectivity index (χ2n) is 5.47. The van der Waals surface area contributed by atoms with Gasteiger partial charge >= 0.3 is 0 Å². The van der Waals surface area contributed by atoms with Gasteiger partial charge in [0.05, 0.1) is 0 Å².